The zero-order valence-corrected chi connectivity index (χ0v) is 13.5. The Balaban J connectivity index is 1.55. The molecular weight excluding hydrogens is 270 g/mol. The zero-order chi connectivity index (χ0) is 15.1. The molecule has 1 fully saturated rings. The number of piperidine rings is 1. The second-order valence-corrected chi connectivity index (χ2v) is 7.05. The second kappa shape index (κ2) is 5.58. The number of nitrogens with zero attached hydrogens (tertiary/aromatic N) is 1. The van der Waals surface area contributed by atoms with Crippen molar-refractivity contribution in [3.63, 3.8) is 0 Å². The van der Waals surface area contributed by atoms with Gasteiger partial charge >= 0.3 is 0 Å². The number of hydrogen-bond donors (Lipinski definition) is 0. The molecule has 1 aromatic heterocycles. The van der Waals surface area contributed by atoms with Crippen molar-refractivity contribution in [2.45, 2.75) is 45.2 Å². The topological polar surface area (TPSA) is 16.4 Å². The Morgan fingerprint density at radius 2 is 2.14 bits per heavy atom. The summed E-state index contributed by atoms with van der Waals surface area (Å²) in [6.07, 6.45) is 10.6. The van der Waals surface area contributed by atoms with Gasteiger partial charge in [-0.3, -0.25) is 4.90 Å². The molecule has 4 atom stereocenters. The maximum Gasteiger partial charge on any atom is 0.134 e. The number of fused-ring (bicyclic) bond motifs is 3. The van der Waals surface area contributed by atoms with E-state index in [-0.39, 0.29) is 0 Å². The molecule has 116 valence electrons. The van der Waals surface area contributed by atoms with Gasteiger partial charge in [0.1, 0.15) is 5.58 Å². The van der Waals surface area contributed by atoms with E-state index in [0.717, 1.165) is 23.8 Å². The van der Waals surface area contributed by atoms with E-state index in [0.29, 0.717) is 12.1 Å². The van der Waals surface area contributed by atoms with Crippen molar-refractivity contribution in [1.29, 1.82) is 0 Å². The fraction of sp³-hybridized carbons (Fsp3) is 0.500. The minimum Gasteiger partial charge on any atom is -0.464 e. The average molecular weight is 295 g/mol. The molecule has 2 nitrogen and oxygen atoms in total. The molecule has 0 radical (unpaired) electrons. The van der Waals surface area contributed by atoms with Gasteiger partial charge in [0.2, 0.25) is 0 Å². The van der Waals surface area contributed by atoms with Crippen LogP contribution in [-0.4, -0.2) is 23.5 Å². The summed E-state index contributed by atoms with van der Waals surface area (Å²) in [5.74, 6) is 1.60. The van der Waals surface area contributed by atoms with Gasteiger partial charge in [-0.15, -0.1) is 0 Å². The molecule has 4 unspecified atom stereocenters. The van der Waals surface area contributed by atoms with Gasteiger partial charge < -0.3 is 4.42 Å². The molecule has 1 saturated heterocycles. The Labute approximate surface area is 132 Å². The van der Waals surface area contributed by atoms with Gasteiger partial charge in [0, 0.05) is 24.0 Å². The molecule has 5 rings (SSSR count). The van der Waals surface area contributed by atoms with Crippen LogP contribution in [0.3, 0.4) is 0 Å². The van der Waals surface area contributed by atoms with Crippen molar-refractivity contribution in [1.82, 2.24) is 4.90 Å². The van der Waals surface area contributed by atoms with Crippen LogP contribution in [0.25, 0.3) is 11.0 Å². The van der Waals surface area contributed by atoms with Crippen LogP contribution in [-0.2, 0) is 6.42 Å². The van der Waals surface area contributed by atoms with Gasteiger partial charge in [-0.25, -0.2) is 0 Å². The van der Waals surface area contributed by atoms with E-state index < -0.39 is 0 Å². The highest BCUT2D eigenvalue weighted by molar-refractivity contribution is 5.80. The van der Waals surface area contributed by atoms with Crippen molar-refractivity contribution >= 4 is 11.0 Å². The van der Waals surface area contributed by atoms with Crippen LogP contribution in [0.4, 0.5) is 0 Å². The number of rotatable bonds is 4. The summed E-state index contributed by atoms with van der Waals surface area (Å²) in [6.45, 7) is 5.95. The molecule has 2 aromatic rings. The van der Waals surface area contributed by atoms with Crippen LogP contribution in [0.2, 0.25) is 0 Å². The minimum atomic E-state index is 0.563. The van der Waals surface area contributed by atoms with Crippen LogP contribution in [0.1, 0.15) is 32.3 Å². The van der Waals surface area contributed by atoms with Crippen molar-refractivity contribution in [3.05, 3.63) is 48.2 Å². The Bertz CT molecular complexity index is 686. The first kappa shape index (κ1) is 14.1. The summed E-state index contributed by atoms with van der Waals surface area (Å²) >= 11 is 0. The molecule has 1 aliphatic carbocycles. The van der Waals surface area contributed by atoms with E-state index >= 15 is 0 Å². The zero-order valence-electron chi connectivity index (χ0n) is 13.5. The summed E-state index contributed by atoms with van der Waals surface area (Å²) in [5.41, 5.74) is 2.36. The molecule has 0 N–H and O–H groups in total. The molecule has 2 heteroatoms. The van der Waals surface area contributed by atoms with Gasteiger partial charge in [0.05, 0.1) is 6.26 Å². The van der Waals surface area contributed by atoms with Crippen LogP contribution in [0.15, 0.2) is 47.1 Å². The van der Waals surface area contributed by atoms with E-state index in [2.05, 4.69) is 49.1 Å². The van der Waals surface area contributed by atoms with E-state index in [1.54, 1.807) is 0 Å². The molecule has 2 bridgehead atoms. The van der Waals surface area contributed by atoms with E-state index in [1.165, 1.54) is 30.3 Å². The highest BCUT2D eigenvalue weighted by atomic mass is 16.3. The second-order valence-electron chi connectivity index (χ2n) is 7.05. The quantitative estimate of drug-likeness (QED) is 0.763. The molecule has 3 heterocycles. The molecule has 0 spiro atoms. The number of benzene rings is 1. The summed E-state index contributed by atoms with van der Waals surface area (Å²) in [6, 6.07) is 9.58. The van der Waals surface area contributed by atoms with E-state index in [9.17, 15) is 0 Å². The molecule has 2 aliphatic heterocycles. The maximum atomic E-state index is 5.71. The highest BCUT2D eigenvalue weighted by Gasteiger charge is 2.38. The van der Waals surface area contributed by atoms with Crippen LogP contribution >= 0.6 is 0 Å². The lowest BCUT2D eigenvalue weighted by molar-refractivity contribution is 0.0490. The molecule has 22 heavy (non-hydrogen) atoms. The van der Waals surface area contributed by atoms with E-state index in [4.69, 9.17) is 4.42 Å². The Morgan fingerprint density at radius 1 is 1.27 bits per heavy atom. The Kier molecular flexibility index (Phi) is 3.57. The standard InChI is InChI=1S/C20H25NO/c1-3-16-11-15-8-9-19(16)21(12-15)14(2)10-17-13-22-20-7-5-4-6-18(17)20/h4-9,13-16,19H,3,10-12H2,1-2H3. The lowest BCUT2D eigenvalue weighted by Gasteiger charge is -2.49. The molecule has 3 aliphatic rings. The third kappa shape index (κ3) is 2.30. The number of hydrogen-bond acceptors (Lipinski definition) is 2. The SMILES string of the molecule is CCC1CC2C=CC1N(C(C)Cc1coc3ccccc13)C2. The molecule has 1 aromatic carbocycles. The van der Waals surface area contributed by atoms with Crippen molar-refractivity contribution < 1.29 is 4.42 Å². The minimum absolute atomic E-state index is 0.563. The molecular formula is C20H25NO. The summed E-state index contributed by atoms with van der Waals surface area (Å²) in [5, 5.41) is 1.28. The molecule has 0 saturated carbocycles. The van der Waals surface area contributed by atoms with Gasteiger partial charge in [0.25, 0.3) is 0 Å². The lowest BCUT2D eigenvalue weighted by atomic mass is 9.75. The van der Waals surface area contributed by atoms with Gasteiger partial charge in [-0.1, -0.05) is 43.7 Å². The maximum absolute atomic E-state index is 5.71. The third-order valence-electron chi connectivity index (χ3n) is 5.66. The number of furan rings is 1. The predicted octanol–water partition coefficient (Wildman–Crippen LogP) is 4.65. The van der Waals surface area contributed by atoms with Crippen LogP contribution < -0.4 is 0 Å². The smallest absolute Gasteiger partial charge is 0.134 e. The van der Waals surface area contributed by atoms with Crippen molar-refractivity contribution in [2.24, 2.45) is 11.8 Å². The first-order valence-corrected chi connectivity index (χ1v) is 8.65. The van der Waals surface area contributed by atoms with Crippen molar-refractivity contribution in [3.8, 4) is 0 Å². The summed E-state index contributed by atoms with van der Waals surface area (Å²) < 4.78 is 5.71. The van der Waals surface area contributed by atoms with Gasteiger partial charge in [-0.2, -0.15) is 0 Å². The fourth-order valence-electron chi connectivity index (χ4n) is 4.45. The van der Waals surface area contributed by atoms with Gasteiger partial charge in [0.15, 0.2) is 0 Å². The monoisotopic (exact) mass is 295 g/mol. The highest BCUT2D eigenvalue weighted by Crippen LogP contribution is 2.37. The lowest BCUT2D eigenvalue weighted by Crippen LogP contribution is -2.54. The van der Waals surface area contributed by atoms with Crippen molar-refractivity contribution in [2.75, 3.05) is 6.54 Å². The average Bonchev–Trinajstić information content (AvgIpc) is 2.98. The summed E-state index contributed by atoms with van der Waals surface area (Å²) in [4.78, 5) is 2.73. The fourth-order valence-corrected chi connectivity index (χ4v) is 4.45. The van der Waals surface area contributed by atoms with E-state index in [1.807, 2.05) is 12.3 Å². The first-order chi connectivity index (χ1) is 10.8. The van der Waals surface area contributed by atoms with Crippen LogP contribution in [0.5, 0.6) is 0 Å². The normalized spacial score (nSPS) is 29.3. The molecule has 0 amide bonds. The number of para-hydroxylation sites is 1. The Hall–Kier alpha value is -1.54. The third-order valence-corrected chi connectivity index (χ3v) is 5.66. The Morgan fingerprint density at radius 3 is 2.95 bits per heavy atom. The largest absolute Gasteiger partial charge is 0.464 e. The predicted molar refractivity (Wildman–Crippen MR) is 90.9 cm³/mol. The summed E-state index contributed by atoms with van der Waals surface area (Å²) in [7, 11) is 0. The van der Waals surface area contributed by atoms with Gasteiger partial charge in [-0.05, 0) is 43.2 Å². The first-order valence-electron chi connectivity index (χ1n) is 8.65. The van der Waals surface area contributed by atoms with Crippen LogP contribution in [0, 0.1) is 11.8 Å².